The van der Waals surface area contributed by atoms with Gasteiger partial charge < -0.3 is 9.05 Å². The summed E-state index contributed by atoms with van der Waals surface area (Å²) < 4.78 is 20.1. The fraction of sp³-hybridized carbons (Fsp3) is 0.333. The Hall–Kier alpha value is -1.93. The van der Waals surface area contributed by atoms with E-state index in [0.29, 0.717) is 25.7 Å². The van der Waals surface area contributed by atoms with Gasteiger partial charge in [0.1, 0.15) is 12.2 Å². The highest BCUT2D eigenvalue weighted by Gasteiger charge is 1.92. The summed E-state index contributed by atoms with van der Waals surface area (Å²) in [6, 6.07) is 0. The first kappa shape index (κ1) is 14.1. The second kappa shape index (κ2) is 11.1. The normalized spacial score (nSPS) is 7.44. The van der Waals surface area contributed by atoms with Crippen LogP contribution in [0.25, 0.3) is 0 Å². The van der Waals surface area contributed by atoms with E-state index in [2.05, 4.69) is 44.9 Å². The molecule has 0 aromatic rings. The van der Waals surface area contributed by atoms with Crippen LogP contribution < -0.4 is 0 Å². The molecule has 0 spiro atoms. The lowest BCUT2D eigenvalue weighted by Crippen LogP contribution is -1.72. The van der Waals surface area contributed by atoms with E-state index in [9.17, 15) is 4.57 Å². The Labute approximate surface area is 96.9 Å². The maximum atomic E-state index is 11.0. The summed E-state index contributed by atoms with van der Waals surface area (Å²) in [4.78, 5) is 0. The summed E-state index contributed by atoms with van der Waals surface area (Å²) in [6.07, 6.45) is 16.5. The highest BCUT2D eigenvalue weighted by Crippen LogP contribution is 2.21. The molecule has 0 rings (SSSR count). The van der Waals surface area contributed by atoms with Crippen LogP contribution in [0, 0.1) is 48.7 Å². The first-order chi connectivity index (χ1) is 7.81. The van der Waals surface area contributed by atoms with Gasteiger partial charge in [0.15, 0.2) is 0 Å². The summed E-state index contributed by atoms with van der Waals surface area (Å²) in [5.74, 6) is 9.99. The third-order valence-corrected chi connectivity index (χ3v) is 1.74. The van der Waals surface area contributed by atoms with Crippen molar-refractivity contribution in [3.8, 4) is 48.7 Å². The van der Waals surface area contributed by atoms with Crippen LogP contribution in [0.3, 0.4) is 0 Å². The van der Waals surface area contributed by atoms with Crippen molar-refractivity contribution in [1.82, 2.24) is 0 Å². The van der Waals surface area contributed by atoms with Gasteiger partial charge in [-0.05, 0) is 0 Å². The van der Waals surface area contributed by atoms with Gasteiger partial charge in [0.2, 0.25) is 0 Å². The molecule has 0 saturated heterocycles. The molecular weight excluding hydrogens is 223 g/mol. The molecule has 0 aliphatic carbocycles. The molecule has 0 aromatic carbocycles. The van der Waals surface area contributed by atoms with E-state index in [1.54, 1.807) is 0 Å². The molecule has 0 fully saturated rings. The van der Waals surface area contributed by atoms with Gasteiger partial charge >= 0.3 is 8.25 Å². The van der Waals surface area contributed by atoms with Crippen molar-refractivity contribution in [3.63, 3.8) is 0 Å². The van der Waals surface area contributed by atoms with Gasteiger partial charge in [-0.2, -0.15) is 0 Å². The zero-order valence-corrected chi connectivity index (χ0v) is 9.71. The van der Waals surface area contributed by atoms with E-state index in [1.165, 1.54) is 0 Å². The standard InChI is InChI=1S/C12H11O3P/c1-3-5-7-9-11-14-16(13)15-12-10-8-6-4-2/h1-2,16H,5-8H2. The molecule has 3 nitrogen and oxygen atoms in total. The topological polar surface area (TPSA) is 35.5 Å². The van der Waals surface area contributed by atoms with Gasteiger partial charge in [-0.15, -0.1) is 24.7 Å². The van der Waals surface area contributed by atoms with Crippen LogP contribution in [-0.2, 0) is 13.6 Å². The molecule has 16 heavy (non-hydrogen) atoms. The van der Waals surface area contributed by atoms with Crippen LogP contribution in [-0.4, -0.2) is 0 Å². The predicted molar refractivity (Wildman–Crippen MR) is 62.9 cm³/mol. The first-order valence-electron chi connectivity index (χ1n) is 4.51. The Balaban J connectivity index is 3.65. The van der Waals surface area contributed by atoms with E-state index >= 15 is 0 Å². The van der Waals surface area contributed by atoms with E-state index in [0.717, 1.165) is 0 Å². The minimum atomic E-state index is -2.66. The fourth-order valence-electron chi connectivity index (χ4n) is 0.548. The zero-order valence-electron chi connectivity index (χ0n) is 8.71. The van der Waals surface area contributed by atoms with E-state index in [1.807, 2.05) is 0 Å². The Morgan fingerprint density at radius 3 is 1.69 bits per heavy atom. The van der Waals surface area contributed by atoms with Gasteiger partial charge in [-0.25, -0.2) is 4.57 Å². The molecule has 0 unspecified atom stereocenters. The molecule has 0 aromatic heterocycles. The lowest BCUT2D eigenvalue weighted by atomic mass is 10.3. The maximum Gasteiger partial charge on any atom is 0.435 e. The Morgan fingerprint density at radius 1 is 0.875 bits per heavy atom. The number of hydrogen-bond donors (Lipinski definition) is 0. The van der Waals surface area contributed by atoms with Crippen LogP contribution in [0.1, 0.15) is 25.7 Å². The third-order valence-electron chi connectivity index (χ3n) is 1.20. The number of unbranched alkanes of at least 4 members (excludes halogenated alkanes) is 2. The van der Waals surface area contributed by atoms with Crippen molar-refractivity contribution in [2.24, 2.45) is 0 Å². The quantitative estimate of drug-likeness (QED) is 0.425. The van der Waals surface area contributed by atoms with Crippen LogP contribution in [0.2, 0.25) is 0 Å². The number of hydrogen-bond acceptors (Lipinski definition) is 3. The van der Waals surface area contributed by atoms with E-state index in [4.69, 9.17) is 12.8 Å². The van der Waals surface area contributed by atoms with Crippen LogP contribution in [0.15, 0.2) is 0 Å². The largest absolute Gasteiger partial charge is 0.435 e. The molecule has 0 amide bonds. The molecule has 0 radical (unpaired) electrons. The molecule has 0 heterocycles. The minimum Gasteiger partial charge on any atom is -0.364 e. The summed E-state index contributed by atoms with van der Waals surface area (Å²) >= 11 is 0. The summed E-state index contributed by atoms with van der Waals surface area (Å²) in [6.45, 7) is 0. The molecule has 4 heteroatoms. The number of rotatable bonds is 4. The van der Waals surface area contributed by atoms with Gasteiger partial charge in [0.25, 0.3) is 0 Å². The van der Waals surface area contributed by atoms with E-state index < -0.39 is 8.25 Å². The monoisotopic (exact) mass is 234 g/mol. The van der Waals surface area contributed by atoms with Crippen molar-refractivity contribution in [1.29, 1.82) is 0 Å². The molecule has 0 aliphatic heterocycles. The molecule has 0 atom stereocenters. The molecule has 0 N–H and O–H groups in total. The Kier molecular flexibility index (Phi) is 9.80. The minimum absolute atomic E-state index is 0.499. The first-order valence-corrected chi connectivity index (χ1v) is 5.74. The fourth-order valence-corrected chi connectivity index (χ4v) is 0.900. The summed E-state index contributed by atoms with van der Waals surface area (Å²) in [5, 5.41) is 0. The average molecular weight is 234 g/mol. The van der Waals surface area contributed by atoms with Gasteiger partial charge in [-0.3, -0.25) is 0 Å². The second-order valence-corrected chi connectivity index (χ2v) is 3.33. The summed E-state index contributed by atoms with van der Waals surface area (Å²) in [5.41, 5.74) is 0. The molecule has 0 bridgehead atoms. The smallest absolute Gasteiger partial charge is 0.364 e. The molecule has 0 aliphatic rings. The van der Waals surface area contributed by atoms with Crippen molar-refractivity contribution >= 4 is 8.25 Å². The van der Waals surface area contributed by atoms with E-state index in [-0.39, 0.29) is 0 Å². The van der Waals surface area contributed by atoms with Crippen molar-refractivity contribution in [2.45, 2.75) is 25.7 Å². The predicted octanol–water partition coefficient (Wildman–Crippen LogP) is 2.16. The highest BCUT2D eigenvalue weighted by atomic mass is 31.1. The van der Waals surface area contributed by atoms with Gasteiger partial charge in [-0.1, -0.05) is 11.8 Å². The lowest BCUT2D eigenvalue weighted by molar-refractivity contribution is 0.383. The Bertz CT molecular complexity index is 378. The highest BCUT2D eigenvalue weighted by molar-refractivity contribution is 7.33. The van der Waals surface area contributed by atoms with Gasteiger partial charge in [0, 0.05) is 25.7 Å². The molecule has 82 valence electrons. The zero-order chi connectivity index (χ0) is 12.1. The molecular formula is C12H11O3P. The molecule has 0 saturated carbocycles. The third kappa shape index (κ3) is 10.2. The lowest BCUT2D eigenvalue weighted by Gasteiger charge is -1.92. The second-order valence-electron chi connectivity index (χ2n) is 2.42. The van der Waals surface area contributed by atoms with Crippen LogP contribution >= 0.6 is 8.25 Å². The SMILES string of the molecule is C#CCCC#CO[PH](=O)OC#CCCC#C. The van der Waals surface area contributed by atoms with Crippen molar-refractivity contribution < 1.29 is 13.6 Å². The van der Waals surface area contributed by atoms with Crippen LogP contribution in [0.5, 0.6) is 0 Å². The van der Waals surface area contributed by atoms with Crippen molar-refractivity contribution in [3.05, 3.63) is 0 Å². The summed E-state index contributed by atoms with van der Waals surface area (Å²) in [7, 11) is -2.66. The average Bonchev–Trinajstić information content (AvgIpc) is 2.28. The van der Waals surface area contributed by atoms with Crippen molar-refractivity contribution in [2.75, 3.05) is 0 Å². The number of terminal acetylenes is 2. The van der Waals surface area contributed by atoms with Gasteiger partial charge in [0.05, 0.1) is 0 Å². The maximum absolute atomic E-state index is 11.0. The Morgan fingerprint density at radius 2 is 1.31 bits per heavy atom. The van der Waals surface area contributed by atoms with Crippen LogP contribution in [0.4, 0.5) is 0 Å².